The van der Waals surface area contributed by atoms with Gasteiger partial charge >= 0.3 is 6.03 Å². The van der Waals surface area contributed by atoms with Crippen molar-refractivity contribution in [1.29, 1.82) is 5.26 Å². The van der Waals surface area contributed by atoms with Gasteiger partial charge in [-0.3, -0.25) is 15.0 Å². The summed E-state index contributed by atoms with van der Waals surface area (Å²) >= 11 is 0. The second-order valence-corrected chi connectivity index (χ2v) is 6.68. The maximum Gasteiger partial charge on any atom is 0.329 e. The van der Waals surface area contributed by atoms with Crippen LogP contribution in [0, 0.1) is 11.3 Å². The van der Waals surface area contributed by atoms with Gasteiger partial charge in [-0.25, -0.2) is 4.79 Å². The Morgan fingerprint density at radius 3 is 2.48 bits per heavy atom. The highest BCUT2D eigenvalue weighted by Gasteiger charge is 2.28. The van der Waals surface area contributed by atoms with Crippen molar-refractivity contribution in [3.05, 3.63) is 48.0 Å². The van der Waals surface area contributed by atoms with E-state index >= 15 is 0 Å². The highest BCUT2D eigenvalue weighted by atomic mass is 16.5. The van der Waals surface area contributed by atoms with Gasteiger partial charge in [0.05, 0.1) is 23.4 Å². The normalized spacial score (nSPS) is 13.6. The number of anilines is 1. The van der Waals surface area contributed by atoms with Gasteiger partial charge in [-0.2, -0.15) is 5.26 Å². The molecule has 29 heavy (non-hydrogen) atoms. The van der Waals surface area contributed by atoms with Crippen LogP contribution in [0.1, 0.15) is 19.4 Å². The fraction of sp³-hybridized carbons (Fsp3) is 0.227. The molecular weight excluding hydrogens is 368 g/mol. The maximum absolute atomic E-state index is 11.9. The molecule has 1 aromatic heterocycles. The quantitative estimate of drug-likeness (QED) is 0.676. The van der Waals surface area contributed by atoms with Crippen LogP contribution < -0.4 is 15.0 Å². The van der Waals surface area contributed by atoms with Gasteiger partial charge in [0.1, 0.15) is 18.4 Å². The molecule has 146 valence electrons. The van der Waals surface area contributed by atoms with Crippen molar-refractivity contribution in [3.8, 4) is 23.1 Å². The van der Waals surface area contributed by atoms with Gasteiger partial charge in [0, 0.05) is 23.7 Å². The van der Waals surface area contributed by atoms with Gasteiger partial charge in [0.2, 0.25) is 5.91 Å². The zero-order valence-corrected chi connectivity index (χ0v) is 16.2. The van der Waals surface area contributed by atoms with E-state index in [1.807, 2.05) is 44.2 Å². The minimum atomic E-state index is -0.424. The van der Waals surface area contributed by atoms with E-state index in [1.54, 1.807) is 12.1 Å². The van der Waals surface area contributed by atoms with Crippen LogP contribution in [0.15, 0.2) is 42.5 Å². The number of nitrogens with one attached hydrogen (secondary N) is 1. The fourth-order valence-corrected chi connectivity index (χ4v) is 3.78. The second kappa shape index (κ2) is 7.32. The molecule has 2 heterocycles. The van der Waals surface area contributed by atoms with Crippen LogP contribution in [-0.2, 0) is 11.3 Å². The Morgan fingerprint density at radius 1 is 1.14 bits per heavy atom. The number of urea groups is 1. The number of rotatable bonds is 5. The zero-order chi connectivity index (χ0) is 20.5. The number of hydrogen-bond acceptors (Lipinski definition) is 4. The standard InChI is InChI=1S/C22H20N4O3/c1-3-25-19-11-16(29-4-2)9-10-17(19)18(12-23)21(25)14-5-7-15(8-6-14)26-13-20(27)24-22(26)28/h5-11H,3-4,13H2,1-2H3,(H,24,27,28). The molecule has 3 aromatic rings. The van der Waals surface area contributed by atoms with Gasteiger partial charge in [-0.1, -0.05) is 12.1 Å². The largest absolute Gasteiger partial charge is 0.494 e. The summed E-state index contributed by atoms with van der Waals surface area (Å²) in [5, 5.41) is 13.0. The molecule has 0 spiro atoms. The number of carbonyl (C=O) groups is 2. The van der Waals surface area contributed by atoms with Gasteiger partial charge in [-0.15, -0.1) is 0 Å². The van der Waals surface area contributed by atoms with E-state index in [-0.39, 0.29) is 12.5 Å². The molecule has 1 saturated heterocycles. The van der Waals surface area contributed by atoms with Crippen molar-refractivity contribution >= 4 is 28.5 Å². The second-order valence-electron chi connectivity index (χ2n) is 6.68. The minimum absolute atomic E-state index is 0.0110. The number of nitriles is 1. The monoisotopic (exact) mass is 388 g/mol. The van der Waals surface area contributed by atoms with Crippen molar-refractivity contribution in [2.45, 2.75) is 20.4 Å². The topological polar surface area (TPSA) is 87.4 Å². The number of aromatic nitrogens is 1. The molecule has 2 aromatic carbocycles. The first-order chi connectivity index (χ1) is 14.1. The summed E-state index contributed by atoms with van der Waals surface area (Å²) in [5.41, 5.74) is 3.87. The van der Waals surface area contributed by atoms with E-state index in [9.17, 15) is 14.9 Å². The lowest BCUT2D eigenvalue weighted by molar-refractivity contribution is -0.117. The first-order valence-corrected chi connectivity index (χ1v) is 9.48. The number of nitrogens with zero attached hydrogens (tertiary/aromatic N) is 3. The molecular formula is C22H20N4O3. The summed E-state index contributed by atoms with van der Waals surface area (Å²) in [5.74, 6) is 0.449. The molecule has 1 fully saturated rings. The third kappa shape index (κ3) is 3.09. The first kappa shape index (κ1) is 18.6. The molecule has 1 aliphatic heterocycles. The Balaban J connectivity index is 1.82. The predicted molar refractivity (Wildman–Crippen MR) is 110 cm³/mol. The molecule has 7 nitrogen and oxygen atoms in total. The molecule has 3 amide bonds. The smallest absolute Gasteiger partial charge is 0.329 e. The number of hydrogen-bond donors (Lipinski definition) is 1. The van der Waals surface area contributed by atoms with Crippen molar-refractivity contribution < 1.29 is 14.3 Å². The zero-order valence-electron chi connectivity index (χ0n) is 16.2. The van der Waals surface area contributed by atoms with Gasteiger partial charge < -0.3 is 9.30 Å². The van der Waals surface area contributed by atoms with Gasteiger partial charge in [-0.05, 0) is 43.7 Å². The third-order valence-electron chi connectivity index (χ3n) is 5.02. The molecule has 0 atom stereocenters. The van der Waals surface area contributed by atoms with Crippen molar-refractivity contribution in [2.24, 2.45) is 0 Å². The highest BCUT2D eigenvalue weighted by Crippen LogP contribution is 2.36. The van der Waals surface area contributed by atoms with Crippen molar-refractivity contribution in [1.82, 2.24) is 9.88 Å². The average Bonchev–Trinajstić information content (AvgIpc) is 3.23. The van der Waals surface area contributed by atoms with E-state index in [1.165, 1.54) is 4.90 Å². The van der Waals surface area contributed by atoms with Crippen LogP contribution in [0.25, 0.3) is 22.2 Å². The van der Waals surface area contributed by atoms with E-state index < -0.39 is 6.03 Å². The SMILES string of the molecule is CCOc1ccc2c(C#N)c(-c3ccc(N4CC(=O)NC4=O)cc3)n(CC)c2c1. The van der Waals surface area contributed by atoms with Crippen molar-refractivity contribution in [3.63, 3.8) is 0 Å². The Kier molecular flexibility index (Phi) is 4.69. The van der Waals surface area contributed by atoms with Crippen LogP contribution in [0.5, 0.6) is 5.75 Å². The number of carbonyl (C=O) groups excluding carboxylic acids is 2. The number of fused-ring (bicyclic) bond motifs is 1. The number of imide groups is 1. The molecule has 0 bridgehead atoms. The lowest BCUT2D eigenvalue weighted by Crippen LogP contribution is -2.27. The van der Waals surface area contributed by atoms with E-state index in [4.69, 9.17) is 4.74 Å². The van der Waals surface area contributed by atoms with Gasteiger partial charge in [0.25, 0.3) is 0 Å². The summed E-state index contributed by atoms with van der Waals surface area (Å²) in [4.78, 5) is 24.7. The molecule has 0 unspecified atom stereocenters. The van der Waals surface area contributed by atoms with E-state index in [2.05, 4.69) is 16.0 Å². The Bertz CT molecular complexity index is 1160. The van der Waals surface area contributed by atoms with Crippen LogP contribution >= 0.6 is 0 Å². The Hall–Kier alpha value is -3.79. The van der Waals surface area contributed by atoms with Crippen LogP contribution in [-0.4, -0.2) is 29.7 Å². The van der Waals surface area contributed by atoms with E-state index in [0.29, 0.717) is 24.4 Å². The Labute approximate surface area is 168 Å². The summed E-state index contributed by atoms with van der Waals surface area (Å²) in [6.45, 7) is 5.24. The molecule has 0 aliphatic carbocycles. The van der Waals surface area contributed by atoms with Gasteiger partial charge in [0.15, 0.2) is 0 Å². The third-order valence-corrected chi connectivity index (χ3v) is 5.02. The minimum Gasteiger partial charge on any atom is -0.494 e. The number of amides is 3. The fourth-order valence-electron chi connectivity index (χ4n) is 3.78. The van der Waals surface area contributed by atoms with Crippen molar-refractivity contribution in [2.75, 3.05) is 18.1 Å². The number of benzene rings is 2. The van der Waals surface area contributed by atoms with Crippen LogP contribution in [0.3, 0.4) is 0 Å². The van der Waals surface area contributed by atoms with E-state index in [0.717, 1.165) is 27.9 Å². The lowest BCUT2D eigenvalue weighted by Gasteiger charge is -2.14. The lowest BCUT2D eigenvalue weighted by atomic mass is 10.1. The predicted octanol–water partition coefficient (Wildman–Crippen LogP) is 3.65. The Morgan fingerprint density at radius 2 is 1.90 bits per heavy atom. The maximum atomic E-state index is 11.9. The van der Waals surface area contributed by atoms with Crippen LogP contribution in [0.4, 0.5) is 10.5 Å². The summed E-state index contributed by atoms with van der Waals surface area (Å²) in [6.07, 6.45) is 0. The first-order valence-electron chi connectivity index (χ1n) is 9.48. The molecule has 7 heteroatoms. The molecule has 1 N–H and O–H groups in total. The molecule has 1 aliphatic rings. The highest BCUT2D eigenvalue weighted by molar-refractivity contribution is 6.12. The molecule has 0 radical (unpaired) electrons. The average molecular weight is 388 g/mol. The molecule has 4 rings (SSSR count). The summed E-state index contributed by atoms with van der Waals surface area (Å²) in [6, 6.07) is 15.0. The molecule has 0 saturated carbocycles. The number of aryl methyl sites for hydroxylation is 1. The summed E-state index contributed by atoms with van der Waals surface area (Å²) in [7, 11) is 0. The summed E-state index contributed by atoms with van der Waals surface area (Å²) < 4.78 is 7.72. The number of ether oxygens (including phenoxy) is 1. The van der Waals surface area contributed by atoms with Crippen LogP contribution in [0.2, 0.25) is 0 Å².